The molecule has 1 unspecified atom stereocenters. The van der Waals surface area contributed by atoms with Gasteiger partial charge >= 0.3 is 11.9 Å². The highest BCUT2D eigenvalue weighted by molar-refractivity contribution is 5.97. The third-order valence-electron chi connectivity index (χ3n) is 3.28. The van der Waals surface area contributed by atoms with E-state index in [1.54, 1.807) is 6.92 Å². The highest BCUT2D eigenvalue weighted by Gasteiger charge is 2.23. The Morgan fingerprint density at radius 1 is 1.36 bits per heavy atom. The summed E-state index contributed by atoms with van der Waals surface area (Å²) in [6.07, 6.45) is 0.861. The van der Waals surface area contributed by atoms with Crippen LogP contribution in [0, 0.1) is 10.1 Å². The molecule has 3 N–H and O–H groups in total. The molecule has 10 heteroatoms. The lowest BCUT2D eigenvalue weighted by molar-refractivity contribution is -0.384. The van der Waals surface area contributed by atoms with E-state index >= 15 is 0 Å². The van der Waals surface area contributed by atoms with Crippen molar-refractivity contribution in [2.45, 2.75) is 25.8 Å². The first-order chi connectivity index (χ1) is 11.8. The number of methoxy groups -OCH3 is 1. The number of ether oxygens (including phenoxy) is 1. The van der Waals surface area contributed by atoms with Crippen LogP contribution in [0.15, 0.2) is 18.2 Å². The highest BCUT2D eigenvalue weighted by Crippen LogP contribution is 2.27. The molecule has 0 radical (unpaired) electrons. The molecule has 0 aliphatic heterocycles. The van der Waals surface area contributed by atoms with Gasteiger partial charge in [-0.05, 0) is 18.6 Å². The van der Waals surface area contributed by atoms with Gasteiger partial charge in [0, 0.05) is 11.6 Å². The fourth-order valence-corrected chi connectivity index (χ4v) is 2.01. The van der Waals surface area contributed by atoms with Gasteiger partial charge in [0.05, 0.1) is 12.0 Å². The van der Waals surface area contributed by atoms with Crippen molar-refractivity contribution in [3.8, 4) is 0 Å². The van der Waals surface area contributed by atoms with Gasteiger partial charge in [-0.1, -0.05) is 13.3 Å². The minimum Gasteiger partial charge on any atom is -0.480 e. The second-order valence-electron chi connectivity index (χ2n) is 5.07. The van der Waals surface area contributed by atoms with Crippen molar-refractivity contribution in [1.29, 1.82) is 0 Å². The third kappa shape index (κ3) is 5.75. The molecule has 0 saturated carbocycles. The van der Waals surface area contributed by atoms with E-state index in [1.807, 2.05) is 0 Å². The largest absolute Gasteiger partial charge is 0.480 e. The normalized spacial score (nSPS) is 11.3. The molecule has 0 spiro atoms. The molecule has 0 aliphatic rings. The molecule has 0 bridgehead atoms. The van der Waals surface area contributed by atoms with Crippen molar-refractivity contribution in [2.24, 2.45) is 0 Å². The Labute approximate surface area is 143 Å². The number of nitro benzene ring substituents is 1. The SMILES string of the molecule is CCCC(Nc1ccc(C(=O)NCC(=O)OC)cc1[N+](=O)[O-])C(=O)O. The van der Waals surface area contributed by atoms with Crippen LogP contribution >= 0.6 is 0 Å². The number of esters is 1. The van der Waals surface area contributed by atoms with Crippen LogP contribution in [0.3, 0.4) is 0 Å². The quantitative estimate of drug-likeness (QED) is 0.340. The molecule has 136 valence electrons. The summed E-state index contributed by atoms with van der Waals surface area (Å²) in [5.41, 5.74) is -0.480. The number of aliphatic carboxylic acids is 1. The predicted octanol–water partition coefficient (Wildman–Crippen LogP) is 1.16. The Kier molecular flexibility index (Phi) is 7.32. The maximum absolute atomic E-state index is 11.9. The average Bonchev–Trinajstić information content (AvgIpc) is 2.58. The molecule has 1 rings (SSSR count). The summed E-state index contributed by atoms with van der Waals surface area (Å²) in [5, 5.41) is 25.2. The molecule has 0 aliphatic carbocycles. The number of benzene rings is 1. The minimum absolute atomic E-state index is 0.00429. The molecule has 1 aromatic carbocycles. The molecule has 25 heavy (non-hydrogen) atoms. The minimum atomic E-state index is -1.13. The average molecular weight is 353 g/mol. The molecule has 0 fully saturated rings. The number of carboxylic acid groups (broad SMARTS) is 1. The summed E-state index contributed by atoms with van der Waals surface area (Å²) in [6.45, 7) is 1.42. The van der Waals surface area contributed by atoms with Gasteiger partial charge in [0.25, 0.3) is 11.6 Å². The Morgan fingerprint density at radius 3 is 2.56 bits per heavy atom. The maximum Gasteiger partial charge on any atom is 0.326 e. The van der Waals surface area contributed by atoms with Crippen molar-refractivity contribution >= 4 is 29.2 Å². The Balaban J connectivity index is 3.02. The van der Waals surface area contributed by atoms with Crippen molar-refractivity contribution in [2.75, 3.05) is 19.0 Å². The lowest BCUT2D eigenvalue weighted by atomic mass is 10.1. The molecular formula is C15H19N3O7. The van der Waals surface area contributed by atoms with Gasteiger partial charge in [0.1, 0.15) is 18.3 Å². The first-order valence-corrected chi connectivity index (χ1v) is 7.42. The summed E-state index contributed by atoms with van der Waals surface area (Å²) in [5.74, 6) is -2.48. The zero-order chi connectivity index (χ0) is 19.0. The number of carbonyl (C=O) groups excluding carboxylic acids is 2. The van der Waals surface area contributed by atoms with E-state index in [2.05, 4.69) is 15.4 Å². The topological polar surface area (TPSA) is 148 Å². The molecule has 0 aromatic heterocycles. The Hall–Kier alpha value is -3.17. The van der Waals surface area contributed by atoms with Crippen LogP contribution in [-0.2, 0) is 14.3 Å². The van der Waals surface area contributed by atoms with Gasteiger partial charge < -0.3 is 20.5 Å². The number of amides is 1. The van der Waals surface area contributed by atoms with Gasteiger partial charge in [-0.15, -0.1) is 0 Å². The smallest absolute Gasteiger partial charge is 0.326 e. The van der Waals surface area contributed by atoms with Crippen LogP contribution in [0.2, 0.25) is 0 Å². The second kappa shape index (κ2) is 9.21. The van der Waals surface area contributed by atoms with Gasteiger partial charge in [-0.2, -0.15) is 0 Å². The number of nitrogens with zero attached hydrogens (tertiary/aromatic N) is 1. The van der Waals surface area contributed by atoms with E-state index < -0.39 is 34.5 Å². The number of rotatable bonds is 9. The van der Waals surface area contributed by atoms with Crippen molar-refractivity contribution in [3.63, 3.8) is 0 Å². The van der Waals surface area contributed by atoms with E-state index in [0.29, 0.717) is 6.42 Å². The van der Waals surface area contributed by atoms with Gasteiger partial charge in [-0.3, -0.25) is 19.7 Å². The van der Waals surface area contributed by atoms with Gasteiger partial charge in [0.15, 0.2) is 0 Å². The van der Waals surface area contributed by atoms with Crippen molar-refractivity contribution in [1.82, 2.24) is 5.32 Å². The fraction of sp³-hybridized carbons (Fsp3) is 0.400. The molecular weight excluding hydrogens is 334 g/mol. The predicted molar refractivity (Wildman–Crippen MR) is 87.4 cm³/mol. The van der Waals surface area contributed by atoms with Crippen LogP contribution in [0.1, 0.15) is 30.1 Å². The lowest BCUT2D eigenvalue weighted by Gasteiger charge is -2.15. The molecule has 1 aromatic rings. The number of carbonyl (C=O) groups is 3. The molecule has 0 heterocycles. The number of nitrogens with one attached hydrogen (secondary N) is 2. The van der Waals surface area contributed by atoms with Crippen molar-refractivity contribution in [3.05, 3.63) is 33.9 Å². The van der Waals surface area contributed by atoms with Crippen LogP contribution in [0.25, 0.3) is 0 Å². The summed E-state index contributed by atoms with van der Waals surface area (Å²) in [4.78, 5) is 44.6. The number of anilines is 1. The monoisotopic (exact) mass is 353 g/mol. The van der Waals surface area contributed by atoms with Crippen LogP contribution in [0.5, 0.6) is 0 Å². The molecule has 1 atom stereocenters. The zero-order valence-electron chi connectivity index (χ0n) is 13.8. The maximum atomic E-state index is 11.9. The van der Waals surface area contributed by atoms with Gasteiger partial charge in [0.2, 0.25) is 0 Å². The number of carboxylic acids is 1. The first-order valence-electron chi connectivity index (χ1n) is 7.42. The van der Waals surface area contributed by atoms with Crippen LogP contribution < -0.4 is 10.6 Å². The Bertz CT molecular complexity index is 675. The van der Waals surface area contributed by atoms with Gasteiger partial charge in [-0.25, -0.2) is 4.79 Å². The summed E-state index contributed by atoms with van der Waals surface area (Å²) in [6, 6.07) is 2.59. The third-order valence-corrected chi connectivity index (χ3v) is 3.28. The lowest BCUT2D eigenvalue weighted by Crippen LogP contribution is -2.30. The van der Waals surface area contributed by atoms with E-state index in [-0.39, 0.29) is 24.2 Å². The van der Waals surface area contributed by atoms with E-state index in [0.717, 1.165) is 13.2 Å². The standard InChI is InChI=1S/C15H19N3O7/c1-3-4-11(15(21)22)17-10-6-5-9(7-12(10)18(23)24)14(20)16-8-13(19)25-2/h5-7,11,17H,3-4,8H2,1-2H3,(H,16,20)(H,21,22). The number of hydrogen-bond donors (Lipinski definition) is 3. The summed E-state index contributed by atoms with van der Waals surface area (Å²) >= 11 is 0. The highest BCUT2D eigenvalue weighted by atomic mass is 16.6. The van der Waals surface area contributed by atoms with E-state index in [4.69, 9.17) is 5.11 Å². The zero-order valence-corrected chi connectivity index (χ0v) is 13.8. The number of nitro groups is 1. The second-order valence-corrected chi connectivity index (χ2v) is 5.07. The molecule has 10 nitrogen and oxygen atoms in total. The van der Waals surface area contributed by atoms with Crippen molar-refractivity contribution < 1.29 is 29.2 Å². The van der Waals surface area contributed by atoms with Crippen LogP contribution in [-0.4, -0.2) is 47.6 Å². The Morgan fingerprint density at radius 2 is 2.04 bits per heavy atom. The summed E-state index contributed by atoms with van der Waals surface area (Å²) in [7, 11) is 1.16. The van der Waals surface area contributed by atoms with Crippen LogP contribution in [0.4, 0.5) is 11.4 Å². The molecule has 1 amide bonds. The first kappa shape index (κ1) is 19.9. The van der Waals surface area contributed by atoms with E-state index in [1.165, 1.54) is 12.1 Å². The fourth-order valence-electron chi connectivity index (χ4n) is 2.01. The van der Waals surface area contributed by atoms with E-state index in [9.17, 15) is 24.5 Å². The number of hydrogen-bond acceptors (Lipinski definition) is 7. The summed E-state index contributed by atoms with van der Waals surface area (Å²) < 4.78 is 4.38. The molecule has 0 saturated heterocycles.